The van der Waals surface area contributed by atoms with Gasteiger partial charge in [0.2, 0.25) is 0 Å². The van der Waals surface area contributed by atoms with E-state index < -0.39 is 23.6 Å². The maximum Gasteiger partial charge on any atom is 0.320 e. The predicted octanol–water partition coefficient (Wildman–Crippen LogP) is 4.29. The highest BCUT2D eigenvalue weighted by Gasteiger charge is 2.22. The first kappa shape index (κ1) is 23.4. The van der Waals surface area contributed by atoms with Crippen molar-refractivity contribution in [2.24, 2.45) is 7.05 Å². The molecule has 3 N–H and O–H groups in total. The first-order valence-corrected chi connectivity index (χ1v) is 11.0. The van der Waals surface area contributed by atoms with E-state index in [1.807, 2.05) is 29.6 Å². The van der Waals surface area contributed by atoms with Crippen LogP contribution in [0.1, 0.15) is 24.3 Å². The van der Waals surface area contributed by atoms with Crippen LogP contribution in [0.5, 0.6) is 5.75 Å². The summed E-state index contributed by atoms with van der Waals surface area (Å²) in [5.41, 5.74) is 0.963. The molecule has 1 aromatic carbocycles. The van der Waals surface area contributed by atoms with Gasteiger partial charge in [-0.05, 0) is 47.7 Å². The summed E-state index contributed by atoms with van der Waals surface area (Å²) in [4.78, 5) is 37.7. The number of aryl methyl sites for hydroxylation is 1. The molecule has 168 valence electrons. The van der Waals surface area contributed by atoms with Crippen LogP contribution in [0.25, 0.3) is 11.1 Å². The molecule has 3 aromatic rings. The lowest BCUT2D eigenvalue weighted by Gasteiger charge is -2.17. The molecule has 0 aliphatic carbocycles. The number of nitrogens with one attached hydrogen (secondary N) is 2. The molecule has 0 saturated carbocycles. The number of esters is 1. The quantitative estimate of drug-likeness (QED) is 0.441. The van der Waals surface area contributed by atoms with Gasteiger partial charge in [0.15, 0.2) is 5.69 Å². The maximum absolute atomic E-state index is 12.6. The van der Waals surface area contributed by atoms with Gasteiger partial charge in [0.05, 0.1) is 19.1 Å². The van der Waals surface area contributed by atoms with Crippen molar-refractivity contribution >= 4 is 40.6 Å². The van der Waals surface area contributed by atoms with E-state index in [-0.39, 0.29) is 24.5 Å². The number of nitrogens with zero attached hydrogens (tertiary/aromatic N) is 1. The monoisotopic (exact) mass is 475 g/mol. The number of hydrogen-bond acceptors (Lipinski definition) is 6. The van der Waals surface area contributed by atoms with E-state index in [1.54, 1.807) is 13.0 Å². The van der Waals surface area contributed by atoms with Gasteiger partial charge in [0, 0.05) is 23.1 Å². The fourth-order valence-electron chi connectivity index (χ4n) is 3.01. The minimum absolute atomic E-state index is 0.102. The standard InChI is InChI=1S/C22H22ClN3O5S/c1-3-31-19(28)11-16(18-10-14(12-32-18)13-5-4-6-15(23)9-13)24-22(30)25-20-17(27)7-8-26(2)21(20)29/h4-10,12,16,27H,3,11H2,1-2H3,(H2,24,25,30)/t16-/m0/s1. The highest BCUT2D eigenvalue weighted by atomic mass is 35.5. The summed E-state index contributed by atoms with van der Waals surface area (Å²) < 4.78 is 6.26. The van der Waals surface area contributed by atoms with Gasteiger partial charge < -0.3 is 25.0 Å². The molecular weight excluding hydrogens is 454 g/mol. The molecule has 0 radical (unpaired) electrons. The number of urea groups is 1. The number of thiophene rings is 1. The summed E-state index contributed by atoms with van der Waals surface area (Å²) in [5.74, 6) is -0.835. The number of carbonyl (C=O) groups excluding carboxylic acids is 2. The van der Waals surface area contributed by atoms with Gasteiger partial charge in [-0.2, -0.15) is 0 Å². The van der Waals surface area contributed by atoms with Crippen LogP contribution in [0.3, 0.4) is 0 Å². The van der Waals surface area contributed by atoms with E-state index in [2.05, 4.69) is 10.6 Å². The molecule has 0 saturated heterocycles. The Morgan fingerprint density at radius 3 is 2.75 bits per heavy atom. The van der Waals surface area contributed by atoms with Crippen LogP contribution in [0.15, 0.2) is 52.8 Å². The third-order valence-corrected chi connectivity index (χ3v) is 5.87. The highest BCUT2D eigenvalue weighted by molar-refractivity contribution is 7.10. The molecule has 2 aromatic heterocycles. The highest BCUT2D eigenvalue weighted by Crippen LogP contribution is 2.32. The zero-order valence-electron chi connectivity index (χ0n) is 17.4. The number of aromatic nitrogens is 1. The van der Waals surface area contributed by atoms with Crippen molar-refractivity contribution in [2.75, 3.05) is 11.9 Å². The summed E-state index contributed by atoms with van der Waals surface area (Å²) in [5, 5.41) is 17.5. The first-order chi connectivity index (χ1) is 15.3. The van der Waals surface area contributed by atoms with Crippen LogP contribution in [-0.4, -0.2) is 28.3 Å². The SMILES string of the molecule is CCOC(=O)C[C@H](NC(=O)Nc1c(O)ccn(C)c1=O)c1cc(-c2cccc(Cl)c2)cs1. The number of pyridine rings is 1. The smallest absolute Gasteiger partial charge is 0.320 e. The number of halogens is 1. The zero-order valence-corrected chi connectivity index (χ0v) is 19.0. The minimum atomic E-state index is -0.740. The molecular formula is C22H22ClN3O5S. The van der Waals surface area contributed by atoms with Gasteiger partial charge >= 0.3 is 12.0 Å². The molecule has 0 spiro atoms. The second kappa shape index (κ2) is 10.3. The summed E-state index contributed by atoms with van der Waals surface area (Å²) in [6, 6.07) is 9.05. The van der Waals surface area contributed by atoms with E-state index in [1.165, 1.54) is 35.2 Å². The third kappa shape index (κ3) is 5.68. The second-order valence-electron chi connectivity index (χ2n) is 6.90. The van der Waals surface area contributed by atoms with Crippen molar-refractivity contribution < 1.29 is 19.4 Å². The minimum Gasteiger partial charge on any atom is -0.505 e. The summed E-state index contributed by atoms with van der Waals surface area (Å²) in [6.07, 6.45) is 1.28. The van der Waals surface area contributed by atoms with E-state index in [0.29, 0.717) is 9.90 Å². The number of anilines is 1. The lowest BCUT2D eigenvalue weighted by atomic mass is 10.1. The van der Waals surface area contributed by atoms with E-state index >= 15 is 0 Å². The lowest BCUT2D eigenvalue weighted by Crippen LogP contribution is -2.35. The fourth-order valence-corrected chi connectivity index (χ4v) is 4.17. The van der Waals surface area contributed by atoms with Crippen molar-refractivity contribution in [3.8, 4) is 16.9 Å². The Morgan fingerprint density at radius 1 is 1.25 bits per heavy atom. The Balaban J connectivity index is 1.84. The number of benzene rings is 1. The fraction of sp³-hybridized carbons (Fsp3) is 0.227. The average molecular weight is 476 g/mol. The van der Waals surface area contributed by atoms with E-state index in [4.69, 9.17) is 16.3 Å². The molecule has 1 atom stereocenters. The Hall–Kier alpha value is -3.30. The van der Waals surface area contributed by atoms with Crippen molar-refractivity contribution in [1.82, 2.24) is 9.88 Å². The molecule has 0 bridgehead atoms. The number of rotatable bonds is 7. The van der Waals surface area contributed by atoms with Gasteiger partial charge in [-0.1, -0.05) is 23.7 Å². The summed E-state index contributed by atoms with van der Waals surface area (Å²) >= 11 is 7.45. The van der Waals surface area contributed by atoms with Crippen LogP contribution >= 0.6 is 22.9 Å². The van der Waals surface area contributed by atoms with Crippen LogP contribution in [0.4, 0.5) is 10.5 Å². The number of aromatic hydroxyl groups is 1. The van der Waals surface area contributed by atoms with Crippen LogP contribution < -0.4 is 16.2 Å². The number of hydrogen-bond donors (Lipinski definition) is 3. The van der Waals surface area contributed by atoms with Crippen molar-refractivity contribution in [3.05, 3.63) is 68.2 Å². The summed E-state index contributed by atoms with van der Waals surface area (Å²) in [7, 11) is 1.50. The second-order valence-corrected chi connectivity index (χ2v) is 8.28. The molecule has 32 heavy (non-hydrogen) atoms. The van der Waals surface area contributed by atoms with Gasteiger partial charge in [0.1, 0.15) is 5.75 Å². The van der Waals surface area contributed by atoms with Gasteiger partial charge in [0.25, 0.3) is 5.56 Å². The Labute approximate surface area is 193 Å². The van der Waals surface area contributed by atoms with Gasteiger partial charge in [-0.25, -0.2) is 4.79 Å². The largest absolute Gasteiger partial charge is 0.505 e. The topological polar surface area (TPSA) is 110 Å². The molecule has 8 nitrogen and oxygen atoms in total. The van der Waals surface area contributed by atoms with E-state index in [0.717, 1.165) is 11.1 Å². The van der Waals surface area contributed by atoms with Crippen molar-refractivity contribution in [1.29, 1.82) is 0 Å². The maximum atomic E-state index is 12.6. The van der Waals surface area contributed by atoms with Crippen LogP contribution in [0.2, 0.25) is 5.02 Å². The third-order valence-electron chi connectivity index (χ3n) is 4.59. The number of carbonyl (C=O) groups is 2. The predicted molar refractivity (Wildman–Crippen MR) is 124 cm³/mol. The molecule has 2 amide bonds. The molecule has 0 fully saturated rings. The normalized spacial score (nSPS) is 11.6. The van der Waals surface area contributed by atoms with Crippen LogP contribution in [0, 0.1) is 0 Å². The molecule has 0 aliphatic heterocycles. The molecule has 3 rings (SSSR count). The Bertz CT molecular complexity index is 1190. The number of amides is 2. The van der Waals surface area contributed by atoms with Gasteiger partial charge in [-0.15, -0.1) is 11.3 Å². The Morgan fingerprint density at radius 2 is 2.03 bits per heavy atom. The molecule has 10 heteroatoms. The molecule has 0 aliphatic rings. The first-order valence-electron chi connectivity index (χ1n) is 9.74. The number of ether oxygens (including phenoxy) is 1. The van der Waals surface area contributed by atoms with Gasteiger partial charge in [-0.3, -0.25) is 9.59 Å². The molecule has 2 heterocycles. The molecule has 0 unspecified atom stereocenters. The lowest BCUT2D eigenvalue weighted by molar-refractivity contribution is -0.143. The average Bonchev–Trinajstić information content (AvgIpc) is 3.24. The van der Waals surface area contributed by atoms with Crippen LogP contribution in [-0.2, 0) is 16.6 Å². The Kier molecular flexibility index (Phi) is 7.55. The van der Waals surface area contributed by atoms with Crippen molar-refractivity contribution in [2.45, 2.75) is 19.4 Å². The van der Waals surface area contributed by atoms with E-state index in [9.17, 15) is 19.5 Å². The van der Waals surface area contributed by atoms with Crippen molar-refractivity contribution in [3.63, 3.8) is 0 Å². The summed E-state index contributed by atoms with van der Waals surface area (Å²) in [6.45, 7) is 1.91. The zero-order chi connectivity index (χ0) is 23.3.